The van der Waals surface area contributed by atoms with Crippen molar-refractivity contribution in [3.63, 3.8) is 0 Å². The van der Waals surface area contributed by atoms with E-state index in [0.717, 1.165) is 16.7 Å². The van der Waals surface area contributed by atoms with Gasteiger partial charge in [0.1, 0.15) is 12.1 Å². The summed E-state index contributed by atoms with van der Waals surface area (Å²) >= 11 is 0. The van der Waals surface area contributed by atoms with Crippen LogP contribution in [0.15, 0.2) is 60.1 Å². The SMILES string of the molecule is Cc1ccc(S(=O)(=O)NCc2ccnc(-n3ccnc3)c2)cc1C. The maximum Gasteiger partial charge on any atom is 0.240 e. The molecule has 1 N–H and O–H groups in total. The molecular weight excluding hydrogens is 324 g/mol. The Morgan fingerprint density at radius 1 is 1.08 bits per heavy atom. The molecule has 0 bridgehead atoms. The van der Waals surface area contributed by atoms with Gasteiger partial charge in [0.05, 0.1) is 4.90 Å². The van der Waals surface area contributed by atoms with E-state index in [0.29, 0.717) is 5.82 Å². The lowest BCUT2D eigenvalue weighted by Crippen LogP contribution is -2.23. The van der Waals surface area contributed by atoms with Gasteiger partial charge in [-0.1, -0.05) is 6.07 Å². The van der Waals surface area contributed by atoms with Crippen LogP contribution in [-0.4, -0.2) is 23.0 Å². The topological polar surface area (TPSA) is 76.9 Å². The second-order valence-electron chi connectivity index (χ2n) is 5.56. The van der Waals surface area contributed by atoms with Gasteiger partial charge in [0.2, 0.25) is 10.0 Å². The Morgan fingerprint density at radius 3 is 2.62 bits per heavy atom. The smallest absolute Gasteiger partial charge is 0.240 e. The minimum absolute atomic E-state index is 0.194. The van der Waals surface area contributed by atoms with Crippen molar-refractivity contribution < 1.29 is 8.42 Å². The minimum Gasteiger partial charge on any atom is -0.291 e. The van der Waals surface area contributed by atoms with E-state index in [9.17, 15) is 8.42 Å². The van der Waals surface area contributed by atoms with Crippen LogP contribution >= 0.6 is 0 Å². The van der Waals surface area contributed by atoms with Crippen LogP contribution in [0.1, 0.15) is 16.7 Å². The van der Waals surface area contributed by atoms with Crippen LogP contribution < -0.4 is 4.72 Å². The molecule has 0 atom stereocenters. The Labute approximate surface area is 141 Å². The Hall–Kier alpha value is -2.51. The summed E-state index contributed by atoms with van der Waals surface area (Å²) in [7, 11) is -3.55. The number of imidazole rings is 1. The molecule has 0 unspecified atom stereocenters. The van der Waals surface area contributed by atoms with E-state index >= 15 is 0 Å². The summed E-state index contributed by atoms with van der Waals surface area (Å²) in [5.41, 5.74) is 2.83. The second kappa shape index (κ2) is 6.54. The van der Waals surface area contributed by atoms with Gasteiger partial charge in [0.15, 0.2) is 0 Å². The number of nitrogens with zero attached hydrogens (tertiary/aromatic N) is 3. The number of pyridine rings is 1. The molecule has 24 heavy (non-hydrogen) atoms. The number of hydrogen-bond acceptors (Lipinski definition) is 4. The van der Waals surface area contributed by atoms with Crippen molar-refractivity contribution in [3.05, 3.63) is 71.9 Å². The number of aryl methyl sites for hydroxylation is 2. The molecule has 0 aliphatic rings. The molecule has 2 heterocycles. The zero-order valence-electron chi connectivity index (χ0n) is 13.5. The predicted octanol–water partition coefficient (Wildman–Crippen LogP) is 2.36. The summed E-state index contributed by atoms with van der Waals surface area (Å²) < 4.78 is 29.3. The summed E-state index contributed by atoms with van der Waals surface area (Å²) in [6.45, 7) is 4.04. The normalized spacial score (nSPS) is 11.6. The van der Waals surface area contributed by atoms with E-state index in [1.165, 1.54) is 0 Å². The highest BCUT2D eigenvalue weighted by Crippen LogP contribution is 2.15. The molecular formula is C17H18N4O2S. The fraction of sp³-hybridized carbons (Fsp3) is 0.176. The zero-order valence-corrected chi connectivity index (χ0v) is 14.3. The summed E-state index contributed by atoms with van der Waals surface area (Å²) in [6, 6.07) is 8.72. The lowest BCUT2D eigenvalue weighted by Gasteiger charge is -2.09. The number of aromatic nitrogens is 3. The van der Waals surface area contributed by atoms with E-state index in [1.807, 2.05) is 26.0 Å². The molecule has 1 aromatic carbocycles. The molecule has 3 rings (SSSR count). The van der Waals surface area contributed by atoms with E-state index in [-0.39, 0.29) is 11.4 Å². The Bertz CT molecular complexity index is 950. The fourth-order valence-electron chi connectivity index (χ4n) is 2.25. The third kappa shape index (κ3) is 3.52. The Kier molecular flexibility index (Phi) is 4.46. The van der Waals surface area contributed by atoms with Gasteiger partial charge in [-0.15, -0.1) is 0 Å². The molecule has 2 aromatic heterocycles. The largest absolute Gasteiger partial charge is 0.291 e. The first-order valence-electron chi connectivity index (χ1n) is 7.46. The molecule has 7 heteroatoms. The van der Waals surface area contributed by atoms with Crippen molar-refractivity contribution in [1.29, 1.82) is 0 Å². The van der Waals surface area contributed by atoms with E-state index in [2.05, 4.69) is 14.7 Å². The standard InChI is InChI=1S/C17H18N4O2S/c1-13-3-4-16(9-14(13)2)24(22,23)20-11-15-5-6-19-17(10-15)21-8-7-18-12-21/h3-10,12,20H,11H2,1-2H3. The molecule has 0 saturated carbocycles. The highest BCUT2D eigenvalue weighted by Gasteiger charge is 2.14. The summed E-state index contributed by atoms with van der Waals surface area (Å²) in [6.07, 6.45) is 6.74. The molecule has 124 valence electrons. The summed E-state index contributed by atoms with van der Waals surface area (Å²) in [5.74, 6) is 0.690. The number of sulfonamides is 1. The highest BCUT2D eigenvalue weighted by atomic mass is 32.2. The molecule has 0 saturated heterocycles. The number of benzene rings is 1. The van der Waals surface area contributed by atoms with Crippen LogP contribution in [0.5, 0.6) is 0 Å². The van der Waals surface area contributed by atoms with Crippen LogP contribution in [-0.2, 0) is 16.6 Å². The molecule has 3 aromatic rings. The van der Waals surface area contributed by atoms with Gasteiger partial charge in [0.25, 0.3) is 0 Å². The Balaban J connectivity index is 1.77. The van der Waals surface area contributed by atoms with E-state index < -0.39 is 10.0 Å². The summed E-state index contributed by atoms with van der Waals surface area (Å²) in [5, 5.41) is 0. The zero-order chi connectivity index (χ0) is 17.2. The van der Waals surface area contributed by atoms with Crippen LogP contribution in [0.2, 0.25) is 0 Å². The van der Waals surface area contributed by atoms with E-state index in [1.54, 1.807) is 47.7 Å². The fourth-order valence-corrected chi connectivity index (χ4v) is 3.35. The first-order chi connectivity index (χ1) is 11.5. The molecule has 0 amide bonds. The Morgan fingerprint density at radius 2 is 1.92 bits per heavy atom. The maximum atomic E-state index is 12.4. The predicted molar refractivity (Wildman–Crippen MR) is 91.3 cm³/mol. The average molecular weight is 342 g/mol. The van der Waals surface area contributed by atoms with E-state index in [4.69, 9.17) is 0 Å². The maximum absolute atomic E-state index is 12.4. The van der Waals surface area contributed by atoms with Crippen molar-refractivity contribution in [2.45, 2.75) is 25.3 Å². The number of nitrogens with one attached hydrogen (secondary N) is 1. The number of rotatable bonds is 5. The first kappa shape index (κ1) is 16.4. The quantitative estimate of drug-likeness (QED) is 0.772. The van der Waals surface area contributed by atoms with Gasteiger partial charge < -0.3 is 0 Å². The summed E-state index contributed by atoms with van der Waals surface area (Å²) in [4.78, 5) is 8.50. The van der Waals surface area contributed by atoms with Crippen molar-refractivity contribution in [2.24, 2.45) is 0 Å². The molecule has 0 radical (unpaired) electrons. The van der Waals surface area contributed by atoms with Gasteiger partial charge in [-0.3, -0.25) is 4.57 Å². The first-order valence-corrected chi connectivity index (χ1v) is 8.94. The van der Waals surface area contributed by atoms with Crippen molar-refractivity contribution in [2.75, 3.05) is 0 Å². The second-order valence-corrected chi connectivity index (χ2v) is 7.33. The highest BCUT2D eigenvalue weighted by molar-refractivity contribution is 7.89. The lowest BCUT2D eigenvalue weighted by atomic mass is 10.1. The third-order valence-electron chi connectivity index (χ3n) is 3.83. The molecule has 0 aliphatic heterocycles. The third-order valence-corrected chi connectivity index (χ3v) is 5.23. The van der Waals surface area contributed by atoms with Crippen molar-refractivity contribution in [3.8, 4) is 5.82 Å². The number of hydrogen-bond donors (Lipinski definition) is 1. The molecule has 0 aliphatic carbocycles. The molecule has 6 nitrogen and oxygen atoms in total. The van der Waals surface area contributed by atoms with Crippen LogP contribution in [0, 0.1) is 13.8 Å². The molecule has 0 fully saturated rings. The van der Waals surface area contributed by atoms with Crippen LogP contribution in [0.4, 0.5) is 0 Å². The van der Waals surface area contributed by atoms with Gasteiger partial charge in [0, 0.05) is 25.1 Å². The van der Waals surface area contributed by atoms with Crippen molar-refractivity contribution in [1.82, 2.24) is 19.3 Å². The average Bonchev–Trinajstić information content (AvgIpc) is 3.10. The molecule has 0 spiro atoms. The van der Waals surface area contributed by atoms with Gasteiger partial charge in [-0.25, -0.2) is 23.1 Å². The van der Waals surface area contributed by atoms with Crippen molar-refractivity contribution >= 4 is 10.0 Å². The van der Waals surface area contributed by atoms with Crippen LogP contribution in [0.25, 0.3) is 5.82 Å². The monoisotopic (exact) mass is 342 g/mol. The van der Waals surface area contributed by atoms with Gasteiger partial charge >= 0.3 is 0 Å². The van der Waals surface area contributed by atoms with Crippen LogP contribution in [0.3, 0.4) is 0 Å². The van der Waals surface area contributed by atoms with Gasteiger partial charge in [-0.2, -0.15) is 0 Å². The minimum atomic E-state index is -3.55. The van der Waals surface area contributed by atoms with Gasteiger partial charge in [-0.05, 0) is 54.8 Å². The lowest BCUT2D eigenvalue weighted by molar-refractivity contribution is 0.581.